The second kappa shape index (κ2) is 7.01. The van der Waals surface area contributed by atoms with Crippen LogP contribution in [0, 0.1) is 11.3 Å². The van der Waals surface area contributed by atoms with Crippen molar-refractivity contribution in [3.05, 3.63) is 58.2 Å². The fraction of sp³-hybridized carbons (Fsp3) is 0.286. The molecule has 0 unspecified atom stereocenters. The van der Waals surface area contributed by atoms with E-state index < -0.39 is 27.7 Å². The van der Waals surface area contributed by atoms with Crippen LogP contribution in [-0.2, 0) is 19.4 Å². The number of carbonyl (C=O) groups is 2. The third-order valence-electron chi connectivity index (χ3n) is 5.33. The van der Waals surface area contributed by atoms with Crippen LogP contribution in [0.25, 0.3) is 6.08 Å². The summed E-state index contributed by atoms with van der Waals surface area (Å²) in [5, 5.41) is 9.48. The quantitative estimate of drug-likeness (QED) is 0.544. The number of hydrogen-bond donors (Lipinski definition) is 0. The monoisotopic (exact) mass is 410 g/mol. The van der Waals surface area contributed by atoms with Gasteiger partial charge in [0.05, 0.1) is 17.5 Å². The molecule has 0 aromatic heterocycles. The molecule has 3 aliphatic heterocycles. The predicted molar refractivity (Wildman–Crippen MR) is 105 cm³/mol. The normalized spacial score (nSPS) is 24.8. The van der Waals surface area contributed by atoms with Gasteiger partial charge < -0.3 is 4.74 Å². The summed E-state index contributed by atoms with van der Waals surface area (Å²) in [6, 6.07) is 8.60. The molecular formula is C21H18N2O5S. The van der Waals surface area contributed by atoms with Crippen LogP contribution in [0.4, 0.5) is 0 Å². The molecule has 3 heterocycles. The molecule has 0 radical (unpaired) electrons. The van der Waals surface area contributed by atoms with Gasteiger partial charge in [-0.1, -0.05) is 18.2 Å². The first kappa shape index (κ1) is 19.2. The molecule has 2 amide bonds. The molecule has 148 valence electrons. The molecule has 0 aliphatic carbocycles. The van der Waals surface area contributed by atoms with Crippen molar-refractivity contribution in [1.29, 1.82) is 5.26 Å². The third kappa shape index (κ3) is 3.38. The average Bonchev–Trinajstić information content (AvgIpc) is 3.05. The van der Waals surface area contributed by atoms with Gasteiger partial charge in [0.15, 0.2) is 9.84 Å². The molecule has 1 aromatic rings. The zero-order chi connectivity index (χ0) is 20.8. The standard InChI is InChI=1S/C21H18N2O5S/c1-13-17(9-14-8-15-4-2-3-5-19(15)28-11-14)20(24)23(21(25)18(13)10-22)16-6-7-29(26,27)12-16/h2-5,8-9,16H,6-7,11-12H2,1H3/b17-9+/t16-/m0/s1. The minimum atomic E-state index is -3.30. The Bertz CT molecular complexity index is 1170. The molecule has 4 rings (SSSR count). The highest BCUT2D eigenvalue weighted by molar-refractivity contribution is 7.91. The first-order chi connectivity index (χ1) is 13.8. The zero-order valence-electron chi connectivity index (χ0n) is 15.7. The van der Waals surface area contributed by atoms with Gasteiger partial charge in [0.2, 0.25) is 0 Å². The summed E-state index contributed by atoms with van der Waals surface area (Å²) < 4.78 is 29.4. The number of amides is 2. The highest BCUT2D eigenvalue weighted by Gasteiger charge is 2.43. The van der Waals surface area contributed by atoms with Gasteiger partial charge in [-0.25, -0.2) is 8.42 Å². The van der Waals surface area contributed by atoms with Crippen molar-refractivity contribution in [2.45, 2.75) is 19.4 Å². The third-order valence-corrected chi connectivity index (χ3v) is 7.08. The summed E-state index contributed by atoms with van der Waals surface area (Å²) in [5.74, 6) is -0.910. The second-order valence-corrected chi connectivity index (χ2v) is 9.48. The van der Waals surface area contributed by atoms with Crippen LogP contribution in [-0.4, -0.2) is 49.3 Å². The van der Waals surface area contributed by atoms with Gasteiger partial charge in [-0.2, -0.15) is 5.26 Å². The maximum absolute atomic E-state index is 13.2. The number of benzene rings is 1. The molecule has 3 aliphatic rings. The molecule has 0 bridgehead atoms. The lowest BCUT2D eigenvalue weighted by Gasteiger charge is -2.31. The Hall–Kier alpha value is -3.18. The van der Waals surface area contributed by atoms with Crippen LogP contribution >= 0.6 is 0 Å². The van der Waals surface area contributed by atoms with Gasteiger partial charge in [-0.3, -0.25) is 14.5 Å². The summed E-state index contributed by atoms with van der Waals surface area (Å²) in [7, 11) is -3.30. The molecule has 1 fully saturated rings. The van der Waals surface area contributed by atoms with Gasteiger partial charge in [-0.05, 0) is 42.7 Å². The summed E-state index contributed by atoms with van der Waals surface area (Å²) in [6.07, 6.45) is 3.69. The first-order valence-corrected chi connectivity index (χ1v) is 11.0. The Kier molecular flexibility index (Phi) is 4.63. The van der Waals surface area contributed by atoms with Gasteiger partial charge >= 0.3 is 0 Å². The van der Waals surface area contributed by atoms with E-state index in [0.717, 1.165) is 21.8 Å². The lowest BCUT2D eigenvalue weighted by Crippen LogP contribution is -2.49. The average molecular weight is 410 g/mol. The summed E-state index contributed by atoms with van der Waals surface area (Å²) >= 11 is 0. The molecule has 0 spiro atoms. The molecule has 8 heteroatoms. The molecule has 29 heavy (non-hydrogen) atoms. The van der Waals surface area contributed by atoms with Gasteiger partial charge in [-0.15, -0.1) is 0 Å². The van der Waals surface area contributed by atoms with E-state index in [0.29, 0.717) is 5.57 Å². The molecule has 7 nitrogen and oxygen atoms in total. The fourth-order valence-electron chi connectivity index (χ4n) is 3.81. The largest absolute Gasteiger partial charge is 0.488 e. The highest BCUT2D eigenvalue weighted by atomic mass is 32.2. The van der Waals surface area contributed by atoms with Crippen LogP contribution < -0.4 is 4.74 Å². The van der Waals surface area contributed by atoms with Crippen molar-refractivity contribution in [3.63, 3.8) is 0 Å². The van der Waals surface area contributed by atoms with Crippen LogP contribution in [0.3, 0.4) is 0 Å². The zero-order valence-corrected chi connectivity index (χ0v) is 16.5. The lowest BCUT2D eigenvalue weighted by atomic mass is 9.92. The highest BCUT2D eigenvalue weighted by Crippen LogP contribution is 2.32. The van der Waals surface area contributed by atoms with E-state index >= 15 is 0 Å². The van der Waals surface area contributed by atoms with Crippen LogP contribution in [0.15, 0.2) is 52.6 Å². The number of nitriles is 1. The first-order valence-electron chi connectivity index (χ1n) is 9.14. The van der Waals surface area contributed by atoms with E-state index in [1.807, 2.05) is 36.4 Å². The smallest absolute Gasteiger partial charge is 0.271 e. The van der Waals surface area contributed by atoms with Gasteiger partial charge in [0.1, 0.15) is 24.0 Å². The maximum Gasteiger partial charge on any atom is 0.271 e. The molecule has 1 atom stereocenters. The molecule has 1 saturated heterocycles. The number of rotatable bonds is 2. The lowest BCUT2D eigenvalue weighted by molar-refractivity contribution is -0.142. The van der Waals surface area contributed by atoms with Crippen molar-refractivity contribution in [3.8, 4) is 11.8 Å². The van der Waals surface area contributed by atoms with Crippen LogP contribution in [0.2, 0.25) is 0 Å². The number of carbonyl (C=O) groups excluding carboxylic acids is 2. The van der Waals surface area contributed by atoms with Crippen LogP contribution in [0.1, 0.15) is 18.9 Å². The maximum atomic E-state index is 13.2. The molecular weight excluding hydrogens is 392 g/mol. The van der Waals surface area contributed by atoms with Crippen molar-refractivity contribution in [2.24, 2.45) is 0 Å². The van der Waals surface area contributed by atoms with Crippen molar-refractivity contribution >= 4 is 27.7 Å². The van der Waals surface area contributed by atoms with Crippen molar-refractivity contribution in [1.82, 2.24) is 4.90 Å². The van der Waals surface area contributed by atoms with Gasteiger partial charge in [0, 0.05) is 11.1 Å². The fourth-order valence-corrected chi connectivity index (χ4v) is 5.51. The minimum Gasteiger partial charge on any atom is -0.488 e. The van der Waals surface area contributed by atoms with E-state index in [1.54, 1.807) is 13.0 Å². The Morgan fingerprint density at radius 3 is 2.69 bits per heavy atom. The number of ether oxygens (including phenoxy) is 1. The summed E-state index contributed by atoms with van der Waals surface area (Å²) in [6.45, 7) is 1.80. The number of sulfone groups is 1. The molecule has 1 aromatic carbocycles. The second-order valence-electron chi connectivity index (χ2n) is 7.25. The van der Waals surface area contributed by atoms with Crippen molar-refractivity contribution in [2.75, 3.05) is 18.1 Å². The van der Waals surface area contributed by atoms with E-state index in [4.69, 9.17) is 4.74 Å². The number of nitrogens with zero attached hydrogens (tertiary/aromatic N) is 2. The summed E-state index contributed by atoms with van der Waals surface area (Å²) in [5.41, 5.74) is 1.94. The Labute approximate surface area is 168 Å². The van der Waals surface area contributed by atoms with E-state index in [1.165, 1.54) is 0 Å². The number of imide groups is 1. The van der Waals surface area contributed by atoms with E-state index in [9.17, 15) is 23.3 Å². The van der Waals surface area contributed by atoms with E-state index in [-0.39, 0.29) is 35.7 Å². The topological polar surface area (TPSA) is 105 Å². The Morgan fingerprint density at radius 1 is 1.24 bits per heavy atom. The SMILES string of the molecule is CC1=C(C#N)C(=O)N([C@H]2CCS(=O)(=O)C2)C(=O)/C1=C/C1=Cc2ccccc2OC1. The Morgan fingerprint density at radius 2 is 2.00 bits per heavy atom. The number of para-hydroxylation sites is 1. The molecule has 0 N–H and O–H groups in total. The van der Waals surface area contributed by atoms with Gasteiger partial charge in [0.25, 0.3) is 11.8 Å². The summed E-state index contributed by atoms with van der Waals surface area (Å²) in [4.78, 5) is 26.8. The van der Waals surface area contributed by atoms with Crippen molar-refractivity contribution < 1.29 is 22.7 Å². The minimum absolute atomic E-state index is 0.0753. The van der Waals surface area contributed by atoms with E-state index in [2.05, 4.69) is 0 Å². The molecule has 0 saturated carbocycles. The van der Waals surface area contributed by atoms with Crippen LogP contribution in [0.5, 0.6) is 5.75 Å². The predicted octanol–water partition coefficient (Wildman–Crippen LogP) is 1.78. The Balaban J connectivity index is 1.77. The number of fused-ring (bicyclic) bond motifs is 1. The number of hydrogen-bond acceptors (Lipinski definition) is 6.